The van der Waals surface area contributed by atoms with Crippen LogP contribution in [0.5, 0.6) is 0 Å². The molecule has 21 heavy (non-hydrogen) atoms. The Bertz CT molecular complexity index is 439. The average Bonchev–Trinajstić information content (AvgIpc) is 2.79. The van der Waals surface area contributed by atoms with E-state index in [-0.39, 0.29) is 11.3 Å². The van der Waals surface area contributed by atoms with Gasteiger partial charge in [-0.25, -0.2) is 0 Å². The zero-order valence-corrected chi connectivity index (χ0v) is 13.1. The Hall–Kier alpha value is -1.42. The number of carbonyl (C=O) groups excluding carboxylic acids is 1. The molecule has 4 heteroatoms. The van der Waals surface area contributed by atoms with Crippen molar-refractivity contribution < 1.29 is 4.79 Å². The highest BCUT2D eigenvalue weighted by atomic mass is 16.2. The first kappa shape index (κ1) is 16.0. The lowest BCUT2D eigenvalue weighted by atomic mass is 9.79. The molecule has 1 aromatic rings. The summed E-state index contributed by atoms with van der Waals surface area (Å²) in [7, 11) is 1.90. The molecule has 1 saturated carbocycles. The van der Waals surface area contributed by atoms with Gasteiger partial charge in [-0.3, -0.25) is 9.78 Å². The molecule has 1 aliphatic carbocycles. The molecule has 0 atom stereocenters. The molecule has 1 aliphatic rings. The van der Waals surface area contributed by atoms with Crippen LogP contribution >= 0.6 is 0 Å². The molecule has 0 spiro atoms. The molecule has 1 aromatic heterocycles. The van der Waals surface area contributed by atoms with Crippen molar-refractivity contribution in [2.45, 2.75) is 44.9 Å². The lowest BCUT2D eigenvalue weighted by molar-refractivity contribution is -0.141. The van der Waals surface area contributed by atoms with E-state index in [0.717, 1.165) is 37.8 Å². The SMILES string of the molecule is CN(CCc1ccccn1)C(=O)C1(CN)CCCCCC1. The van der Waals surface area contributed by atoms with Gasteiger partial charge in [-0.1, -0.05) is 31.7 Å². The fourth-order valence-corrected chi connectivity index (χ4v) is 3.25. The third-order valence-corrected chi connectivity index (χ3v) is 4.68. The Kier molecular flexibility index (Phi) is 5.74. The third kappa shape index (κ3) is 4.03. The molecule has 1 fully saturated rings. The highest BCUT2D eigenvalue weighted by molar-refractivity contribution is 5.82. The van der Waals surface area contributed by atoms with Crippen LogP contribution < -0.4 is 5.73 Å². The topological polar surface area (TPSA) is 59.2 Å². The van der Waals surface area contributed by atoms with E-state index >= 15 is 0 Å². The van der Waals surface area contributed by atoms with Crippen LogP contribution in [-0.4, -0.2) is 35.9 Å². The quantitative estimate of drug-likeness (QED) is 0.847. The molecule has 2 rings (SSSR count). The number of rotatable bonds is 5. The van der Waals surface area contributed by atoms with Gasteiger partial charge in [0.2, 0.25) is 5.91 Å². The molecule has 1 heterocycles. The highest BCUT2D eigenvalue weighted by Gasteiger charge is 2.38. The standard InChI is InChI=1S/C17H27N3O/c1-20(13-9-15-8-4-7-12-19-15)16(21)17(14-18)10-5-2-3-6-11-17/h4,7-8,12H,2-3,5-6,9-11,13-14,18H2,1H3. The van der Waals surface area contributed by atoms with E-state index in [4.69, 9.17) is 5.73 Å². The number of hydrogen-bond acceptors (Lipinski definition) is 3. The number of amides is 1. The van der Waals surface area contributed by atoms with Crippen molar-refractivity contribution in [1.82, 2.24) is 9.88 Å². The van der Waals surface area contributed by atoms with Gasteiger partial charge in [0.05, 0.1) is 5.41 Å². The molecule has 1 amide bonds. The van der Waals surface area contributed by atoms with Gasteiger partial charge in [0.15, 0.2) is 0 Å². The number of hydrogen-bond donors (Lipinski definition) is 1. The second-order valence-electron chi connectivity index (χ2n) is 6.20. The van der Waals surface area contributed by atoms with Gasteiger partial charge in [-0.05, 0) is 25.0 Å². The predicted molar refractivity (Wildman–Crippen MR) is 84.8 cm³/mol. The Labute approximate surface area is 127 Å². The Morgan fingerprint density at radius 1 is 1.29 bits per heavy atom. The first-order valence-corrected chi connectivity index (χ1v) is 8.03. The zero-order valence-electron chi connectivity index (χ0n) is 13.1. The summed E-state index contributed by atoms with van der Waals surface area (Å²) in [5.41, 5.74) is 6.70. The van der Waals surface area contributed by atoms with Crippen LogP contribution in [0.1, 0.15) is 44.2 Å². The van der Waals surface area contributed by atoms with E-state index in [1.807, 2.05) is 30.1 Å². The van der Waals surface area contributed by atoms with E-state index in [0.29, 0.717) is 13.1 Å². The Morgan fingerprint density at radius 3 is 2.57 bits per heavy atom. The number of aromatic nitrogens is 1. The van der Waals surface area contributed by atoms with Gasteiger partial charge in [-0.15, -0.1) is 0 Å². The fraction of sp³-hybridized carbons (Fsp3) is 0.647. The summed E-state index contributed by atoms with van der Waals surface area (Å²) in [5.74, 6) is 0.225. The van der Waals surface area contributed by atoms with Crippen molar-refractivity contribution in [3.8, 4) is 0 Å². The molecule has 0 aromatic carbocycles. The van der Waals surface area contributed by atoms with Gasteiger partial charge in [0, 0.05) is 38.4 Å². The molecule has 116 valence electrons. The number of nitrogens with zero attached hydrogens (tertiary/aromatic N) is 2. The van der Waals surface area contributed by atoms with Crippen LogP contribution in [0.15, 0.2) is 24.4 Å². The number of carbonyl (C=O) groups is 1. The van der Waals surface area contributed by atoms with E-state index < -0.39 is 0 Å². The molecular weight excluding hydrogens is 262 g/mol. The predicted octanol–water partition coefficient (Wildman–Crippen LogP) is 2.38. The summed E-state index contributed by atoms with van der Waals surface area (Å²) >= 11 is 0. The van der Waals surface area contributed by atoms with E-state index in [1.54, 1.807) is 6.20 Å². The maximum atomic E-state index is 12.9. The van der Waals surface area contributed by atoms with Crippen LogP contribution in [0.3, 0.4) is 0 Å². The van der Waals surface area contributed by atoms with Gasteiger partial charge in [0.1, 0.15) is 0 Å². The summed E-state index contributed by atoms with van der Waals surface area (Å²) < 4.78 is 0. The summed E-state index contributed by atoms with van der Waals surface area (Å²) in [6, 6.07) is 5.90. The molecule has 0 saturated heterocycles. The highest BCUT2D eigenvalue weighted by Crippen LogP contribution is 2.35. The molecule has 4 nitrogen and oxygen atoms in total. The minimum Gasteiger partial charge on any atom is -0.345 e. The number of pyridine rings is 1. The Balaban J connectivity index is 1.96. The van der Waals surface area contributed by atoms with Crippen LogP contribution in [0.4, 0.5) is 0 Å². The molecular formula is C17H27N3O. The van der Waals surface area contributed by atoms with Crippen molar-refractivity contribution in [3.05, 3.63) is 30.1 Å². The Morgan fingerprint density at radius 2 is 2.00 bits per heavy atom. The van der Waals surface area contributed by atoms with Crippen molar-refractivity contribution >= 4 is 5.91 Å². The van der Waals surface area contributed by atoms with Crippen molar-refractivity contribution in [2.24, 2.45) is 11.1 Å². The first-order valence-electron chi connectivity index (χ1n) is 8.03. The third-order valence-electron chi connectivity index (χ3n) is 4.68. The smallest absolute Gasteiger partial charge is 0.229 e. The lowest BCUT2D eigenvalue weighted by Gasteiger charge is -2.34. The molecule has 0 radical (unpaired) electrons. The lowest BCUT2D eigenvalue weighted by Crippen LogP contribution is -2.47. The van der Waals surface area contributed by atoms with Crippen LogP contribution in [0, 0.1) is 5.41 Å². The summed E-state index contributed by atoms with van der Waals surface area (Å²) in [6.07, 6.45) is 9.17. The van der Waals surface area contributed by atoms with E-state index in [9.17, 15) is 4.79 Å². The largest absolute Gasteiger partial charge is 0.345 e. The van der Waals surface area contributed by atoms with Crippen molar-refractivity contribution in [1.29, 1.82) is 0 Å². The van der Waals surface area contributed by atoms with Crippen LogP contribution in [-0.2, 0) is 11.2 Å². The minimum atomic E-state index is -0.324. The van der Waals surface area contributed by atoms with Crippen molar-refractivity contribution in [2.75, 3.05) is 20.1 Å². The van der Waals surface area contributed by atoms with Crippen molar-refractivity contribution in [3.63, 3.8) is 0 Å². The van der Waals surface area contributed by atoms with Gasteiger partial charge in [0.25, 0.3) is 0 Å². The maximum Gasteiger partial charge on any atom is 0.229 e. The fourth-order valence-electron chi connectivity index (χ4n) is 3.25. The maximum absolute atomic E-state index is 12.9. The van der Waals surface area contributed by atoms with E-state index in [1.165, 1.54) is 12.8 Å². The zero-order chi connectivity index (χ0) is 15.1. The van der Waals surface area contributed by atoms with Crippen LogP contribution in [0.25, 0.3) is 0 Å². The first-order chi connectivity index (χ1) is 10.2. The summed E-state index contributed by atoms with van der Waals surface area (Å²) in [5, 5.41) is 0. The van der Waals surface area contributed by atoms with Gasteiger partial charge >= 0.3 is 0 Å². The van der Waals surface area contributed by atoms with Gasteiger partial charge in [-0.2, -0.15) is 0 Å². The van der Waals surface area contributed by atoms with E-state index in [2.05, 4.69) is 4.98 Å². The van der Waals surface area contributed by atoms with Gasteiger partial charge < -0.3 is 10.6 Å². The minimum absolute atomic E-state index is 0.225. The second kappa shape index (κ2) is 7.55. The number of likely N-dealkylation sites (N-methyl/N-ethyl adjacent to an activating group) is 1. The average molecular weight is 289 g/mol. The molecule has 2 N–H and O–H groups in total. The number of nitrogens with two attached hydrogens (primary N) is 1. The summed E-state index contributed by atoms with van der Waals surface area (Å²) in [6.45, 7) is 1.18. The molecule has 0 unspecified atom stereocenters. The van der Waals surface area contributed by atoms with Crippen LogP contribution in [0.2, 0.25) is 0 Å². The monoisotopic (exact) mass is 289 g/mol. The second-order valence-corrected chi connectivity index (χ2v) is 6.20. The molecule has 0 bridgehead atoms. The molecule has 0 aliphatic heterocycles. The normalized spacial score (nSPS) is 18.0. The summed E-state index contributed by atoms with van der Waals surface area (Å²) in [4.78, 5) is 19.0.